The van der Waals surface area contributed by atoms with Gasteiger partial charge in [0.25, 0.3) is 0 Å². The summed E-state index contributed by atoms with van der Waals surface area (Å²) in [6.07, 6.45) is -3.18. The molecule has 0 aliphatic rings. The molecule has 0 bridgehead atoms. The summed E-state index contributed by atoms with van der Waals surface area (Å²) in [4.78, 5) is 10.2. The molecule has 0 spiro atoms. The number of carboxylic acids is 1. The normalized spacial score (nSPS) is 11.5. The zero-order chi connectivity index (χ0) is 12.3. The van der Waals surface area contributed by atoms with Crippen LogP contribution < -0.4 is 5.32 Å². The fraction of sp³-hybridized carbons (Fsp3) is 0.500. The van der Waals surface area contributed by atoms with Gasteiger partial charge in [0.1, 0.15) is 13.1 Å². The van der Waals surface area contributed by atoms with Gasteiger partial charge in [0, 0.05) is 0 Å². The second kappa shape index (κ2) is 4.42. The van der Waals surface area contributed by atoms with E-state index in [1.807, 2.05) is 0 Å². The number of nitrogens with one attached hydrogen (secondary N) is 1. The third-order valence-corrected chi connectivity index (χ3v) is 1.86. The molecule has 0 saturated heterocycles. The molecular weight excluding hydrogens is 227 g/mol. The molecule has 1 rings (SSSR count). The van der Waals surface area contributed by atoms with Crippen LogP contribution >= 0.6 is 0 Å². The van der Waals surface area contributed by atoms with Crippen molar-refractivity contribution in [3.63, 3.8) is 0 Å². The number of hydrogen-bond acceptors (Lipinski definition) is 3. The third-order valence-electron chi connectivity index (χ3n) is 1.86. The Balaban J connectivity index is 2.72. The first-order valence-corrected chi connectivity index (χ1v) is 4.34. The zero-order valence-corrected chi connectivity index (χ0v) is 8.38. The van der Waals surface area contributed by atoms with Crippen LogP contribution in [0, 0.1) is 6.92 Å². The predicted molar refractivity (Wildman–Crippen MR) is 49.1 cm³/mol. The van der Waals surface area contributed by atoms with Crippen molar-refractivity contribution in [3.8, 4) is 0 Å². The van der Waals surface area contributed by atoms with Crippen molar-refractivity contribution in [2.24, 2.45) is 0 Å². The molecule has 1 aromatic rings. The Morgan fingerprint density at radius 2 is 2.25 bits per heavy atom. The van der Waals surface area contributed by atoms with Crippen LogP contribution in [0.3, 0.4) is 0 Å². The average Bonchev–Trinajstić information content (AvgIpc) is 2.43. The minimum atomic E-state index is -4.35. The van der Waals surface area contributed by atoms with E-state index in [1.165, 1.54) is 13.1 Å². The number of aliphatic carboxylic acids is 1. The topological polar surface area (TPSA) is 67.2 Å². The van der Waals surface area contributed by atoms with Gasteiger partial charge in [-0.2, -0.15) is 18.3 Å². The van der Waals surface area contributed by atoms with Gasteiger partial charge in [-0.25, -0.2) is 0 Å². The molecule has 1 aromatic heterocycles. The van der Waals surface area contributed by atoms with Crippen molar-refractivity contribution in [2.75, 3.05) is 11.9 Å². The smallest absolute Gasteiger partial charge is 0.408 e. The van der Waals surface area contributed by atoms with E-state index in [4.69, 9.17) is 5.11 Å². The molecule has 0 aliphatic carbocycles. The summed E-state index contributed by atoms with van der Waals surface area (Å²) in [7, 11) is 0. The molecule has 0 amide bonds. The van der Waals surface area contributed by atoms with Gasteiger partial charge in [0.2, 0.25) is 0 Å². The van der Waals surface area contributed by atoms with Gasteiger partial charge in [-0.3, -0.25) is 9.48 Å². The maximum atomic E-state index is 12.1. The van der Waals surface area contributed by atoms with Crippen LogP contribution in [0.25, 0.3) is 0 Å². The number of carboxylic acid groups (broad SMARTS) is 1. The lowest BCUT2D eigenvalue weighted by molar-refractivity contribution is -0.143. The number of alkyl halides is 3. The molecule has 0 aromatic carbocycles. The van der Waals surface area contributed by atoms with Crippen LogP contribution in [-0.4, -0.2) is 33.6 Å². The summed E-state index contributed by atoms with van der Waals surface area (Å²) in [5.74, 6) is -1.09. The number of aromatic nitrogens is 2. The molecule has 5 nitrogen and oxygen atoms in total. The number of hydrogen-bond donors (Lipinski definition) is 2. The van der Waals surface area contributed by atoms with E-state index in [0.29, 0.717) is 0 Å². The van der Waals surface area contributed by atoms with E-state index in [1.54, 1.807) is 0 Å². The molecule has 0 aliphatic heterocycles. The molecule has 0 unspecified atom stereocenters. The third kappa shape index (κ3) is 3.44. The molecule has 16 heavy (non-hydrogen) atoms. The summed E-state index contributed by atoms with van der Waals surface area (Å²) in [6, 6.07) is 0. The van der Waals surface area contributed by atoms with Gasteiger partial charge >= 0.3 is 12.1 Å². The number of halogens is 3. The lowest BCUT2D eigenvalue weighted by Gasteiger charge is -2.08. The number of carbonyl (C=O) groups is 1. The Bertz CT molecular complexity index is 386. The van der Waals surface area contributed by atoms with Crippen molar-refractivity contribution in [2.45, 2.75) is 19.6 Å². The molecule has 0 atom stereocenters. The van der Waals surface area contributed by atoms with E-state index in [0.717, 1.165) is 4.68 Å². The highest BCUT2D eigenvalue weighted by molar-refractivity contribution is 5.72. The highest BCUT2D eigenvalue weighted by Crippen LogP contribution is 2.20. The van der Waals surface area contributed by atoms with Gasteiger partial charge in [0.05, 0.1) is 17.6 Å². The minimum Gasteiger partial charge on any atom is -0.480 e. The van der Waals surface area contributed by atoms with E-state index >= 15 is 0 Å². The molecule has 0 fully saturated rings. The highest BCUT2D eigenvalue weighted by atomic mass is 19.4. The lowest BCUT2D eigenvalue weighted by Crippen LogP contribution is -2.20. The van der Waals surface area contributed by atoms with Crippen LogP contribution in [-0.2, 0) is 11.3 Å². The number of anilines is 1. The molecule has 2 N–H and O–H groups in total. The van der Waals surface area contributed by atoms with Crippen molar-refractivity contribution < 1.29 is 23.1 Å². The monoisotopic (exact) mass is 237 g/mol. The fourth-order valence-corrected chi connectivity index (χ4v) is 1.12. The molecule has 0 radical (unpaired) electrons. The molecule has 1 heterocycles. The zero-order valence-electron chi connectivity index (χ0n) is 8.38. The van der Waals surface area contributed by atoms with Gasteiger partial charge in [-0.1, -0.05) is 0 Å². The highest BCUT2D eigenvalue weighted by Gasteiger charge is 2.29. The summed E-state index contributed by atoms with van der Waals surface area (Å²) >= 11 is 0. The Morgan fingerprint density at radius 1 is 1.62 bits per heavy atom. The first kappa shape index (κ1) is 12.3. The standard InChI is InChI=1S/C8H10F3N3O2/c1-5-6(12-3-7(15)16)2-13-14(5)4-8(9,10)11/h2,12H,3-4H2,1H3,(H,15,16). The summed E-state index contributed by atoms with van der Waals surface area (Å²) < 4.78 is 37.0. The van der Waals surface area contributed by atoms with Gasteiger partial charge in [-0.15, -0.1) is 0 Å². The molecular formula is C8H10F3N3O2. The quantitative estimate of drug-likeness (QED) is 0.827. The van der Waals surface area contributed by atoms with E-state index in [2.05, 4.69) is 10.4 Å². The summed E-state index contributed by atoms with van der Waals surface area (Å²) in [5.41, 5.74) is 0.533. The average molecular weight is 237 g/mol. The Labute approximate surface area is 88.9 Å². The summed E-state index contributed by atoms with van der Waals surface area (Å²) in [6.45, 7) is -0.116. The number of nitrogens with zero attached hydrogens (tertiary/aromatic N) is 2. The lowest BCUT2D eigenvalue weighted by atomic mass is 10.4. The maximum absolute atomic E-state index is 12.1. The summed E-state index contributed by atoms with van der Waals surface area (Å²) in [5, 5.41) is 14.4. The Kier molecular flexibility index (Phi) is 3.41. The van der Waals surface area contributed by atoms with Crippen molar-refractivity contribution in [3.05, 3.63) is 11.9 Å². The number of rotatable bonds is 4. The van der Waals surface area contributed by atoms with E-state index in [-0.39, 0.29) is 17.9 Å². The second-order valence-corrected chi connectivity index (χ2v) is 3.16. The van der Waals surface area contributed by atoms with E-state index < -0.39 is 18.7 Å². The van der Waals surface area contributed by atoms with Crippen LogP contribution in [0.2, 0.25) is 0 Å². The van der Waals surface area contributed by atoms with Crippen LogP contribution in [0.1, 0.15) is 5.69 Å². The van der Waals surface area contributed by atoms with Crippen molar-refractivity contribution >= 4 is 11.7 Å². The molecule has 0 saturated carbocycles. The largest absolute Gasteiger partial charge is 0.480 e. The van der Waals surface area contributed by atoms with Gasteiger partial charge in [-0.05, 0) is 6.92 Å². The van der Waals surface area contributed by atoms with Crippen LogP contribution in [0.5, 0.6) is 0 Å². The van der Waals surface area contributed by atoms with Gasteiger partial charge in [0.15, 0.2) is 0 Å². The Morgan fingerprint density at radius 3 is 2.75 bits per heavy atom. The molecule has 90 valence electrons. The Hall–Kier alpha value is -1.73. The fourth-order valence-electron chi connectivity index (χ4n) is 1.12. The van der Waals surface area contributed by atoms with Crippen molar-refractivity contribution in [1.82, 2.24) is 9.78 Å². The first-order chi connectivity index (χ1) is 7.29. The van der Waals surface area contributed by atoms with Crippen LogP contribution in [0.4, 0.5) is 18.9 Å². The predicted octanol–water partition coefficient (Wildman–Crippen LogP) is 1.25. The van der Waals surface area contributed by atoms with Crippen molar-refractivity contribution in [1.29, 1.82) is 0 Å². The SMILES string of the molecule is Cc1c(NCC(=O)O)cnn1CC(F)(F)F. The maximum Gasteiger partial charge on any atom is 0.408 e. The molecule has 8 heteroatoms. The first-order valence-electron chi connectivity index (χ1n) is 4.34. The second-order valence-electron chi connectivity index (χ2n) is 3.16. The minimum absolute atomic E-state index is 0.249. The van der Waals surface area contributed by atoms with E-state index in [9.17, 15) is 18.0 Å². The van der Waals surface area contributed by atoms with Crippen LogP contribution in [0.15, 0.2) is 6.20 Å². The van der Waals surface area contributed by atoms with Gasteiger partial charge < -0.3 is 10.4 Å².